The summed E-state index contributed by atoms with van der Waals surface area (Å²) < 4.78 is 5.92. The standard InChI is InChI=1S/C20H22BrNO3/c1-11-16(19(24)25-4)17(12-7-5-6-8-13(12)21)18-14(22-11)9-20(2,3)10-15(18)23/h5-8,16-17H,9-10H2,1-4H3/t16?,17-/m1/s1. The van der Waals surface area contributed by atoms with Crippen molar-refractivity contribution in [3.05, 3.63) is 45.6 Å². The zero-order chi connectivity index (χ0) is 18.4. The Morgan fingerprint density at radius 3 is 2.60 bits per heavy atom. The summed E-state index contributed by atoms with van der Waals surface area (Å²) in [4.78, 5) is 30.2. The fourth-order valence-corrected chi connectivity index (χ4v) is 4.47. The number of methoxy groups -OCH3 is 1. The Balaban J connectivity index is 2.23. The Hall–Kier alpha value is -1.75. The van der Waals surface area contributed by atoms with Crippen molar-refractivity contribution in [3.8, 4) is 0 Å². The summed E-state index contributed by atoms with van der Waals surface area (Å²) in [5.41, 5.74) is 3.01. The predicted octanol–water partition coefficient (Wildman–Crippen LogP) is 4.44. The number of hydrogen-bond donors (Lipinski definition) is 0. The fourth-order valence-electron chi connectivity index (χ4n) is 3.94. The van der Waals surface area contributed by atoms with Crippen LogP contribution in [0.4, 0.5) is 0 Å². The first-order valence-corrected chi connectivity index (χ1v) is 9.18. The van der Waals surface area contributed by atoms with Crippen LogP contribution in [0.5, 0.6) is 0 Å². The number of ketones is 1. The van der Waals surface area contributed by atoms with Crippen LogP contribution in [0.15, 0.2) is 45.0 Å². The summed E-state index contributed by atoms with van der Waals surface area (Å²) in [6, 6.07) is 7.74. The number of rotatable bonds is 2. The van der Waals surface area contributed by atoms with Crippen molar-refractivity contribution in [2.24, 2.45) is 16.3 Å². The lowest BCUT2D eigenvalue weighted by molar-refractivity contribution is -0.143. The molecule has 0 amide bonds. The van der Waals surface area contributed by atoms with Gasteiger partial charge in [-0.3, -0.25) is 14.6 Å². The molecular formula is C20H22BrNO3. The number of hydrogen-bond acceptors (Lipinski definition) is 4. The van der Waals surface area contributed by atoms with Crippen LogP contribution in [0.2, 0.25) is 0 Å². The number of carbonyl (C=O) groups is 2. The molecule has 0 spiro atoms. The van der Waals surface area contributed by atoms with Crippen LogP contribution in [0, 0.1) is 11.3 Å². The third kappa shape index (κ3) is 3.22. The lowest BCUT2D eigenvalue weighted by Gasteiger charge is -2.39. The molecule has 0 saturated heterocycles. The number of Topliss-reactive ketones (excluding diaryl/α,β-unsaturated/α-hetero) is 1. The highest BCUT2D eigenvalue weighted by atomic mass is 79.9. The lowest BCUT2D eigenvalue weighted by atomic mass is 9.67. The number of esters is 1. The molecule has 2 aliphatic rings. The summed E-state index contributed by atoms with van der Waals surface area (Å²) in [7, 11) is 1.38. The molecule has 1 aromatic rings. The number of nitrogens with zero attached hydrogens (tertiary/aromatic N) is 1. The fraction of sp³-hybridized carbons (Fsp3) is 0.450. The number of ether oxygens (including phenoxy) is 1. The number of carbonyl (C=O) groups excluding carboxylic acids is 2. The average molecular weight is 404 g/mol. The second-order valence-corrected chi connectivity index (χ2v) is 8.41. The third-order valence-electron chi connectivity index (χ3n) is 5.00. The maximum Gasteiger partial charge on any atom is 0.315 e. The monoisotopic (exact) mass is 403 g/mol. The summed E-state index contributed by atoms with van der Waals surface area (Å²) >= 11 is 3.58. The summed E-state index contributed by atoms with van der Waals surface area (Å²) in [5, 5.41) is 0. The van der Waals surface area contributed by atoms with Crippen LogP contribution in [0.3, 0.4) is 0 Å². The van der Waals surface area contributed by atoms with E-state index >= 15 is 0 Å². The van der Waals surface area contributed by atoms with Gasteiger partial charge in [0.05, 0.1) is 7.11 Å². The van der Waals surface area contributed by atoms with Crippen LogP contribution < -0.4 is 0 Å². The van der Waals surface area contributed by atoms with Gasteiger partial charge in [0, 0.05) is 33.8 Å². The van der Waals surface area contributed by atoms with Crippen molar-refractivity contribution in [2.45, 2.75) is 39.5 Å². The topological polar surface area (TPSA) is 55.7 Å². The normalized spacial score (nSPS) is 25.3. The van der Waals surface area contributed by atoms with Gasteiger partial charge in [0.2, 0.25) is 0 Å². The van der Waals surface area contributed by atoms with Gasteiger partial charge in [0.1, 0.15) is 5.92 Å². The first-order chi connectivity index (χ1) is 11.7. The van der Waals surface area contributed by atoms with Gasteiger partial charge in [0.25, 0.3) is 0 Å². The van der Waals surface area contributed by atoms with E-state index in [0.717, 1.165) is 22.2 Å². The van der Waals surface area contributed by atoms with Gasteiger partial charge in [-0.2, -0.15) is 0 Å². The number of benzene rings is 1. The molecule has 0 N–H and O–H groups in total. The molecule has 4 nitrogen and oxygen atoms in total. The predicted molar refractivity (Wildman–Crippen MR) is 101 cm³/mol. The number of allylic oxidation sites excluding steroid dienone is 2. The first-order valence-electron chi connectivity index (χ1n) is 8.39. The highest BCUT2D eigenvalue weighted by Gasteiger charge is 2.46. The lowest BCUT2D eigenvalue weighted by Crippen LogP contribution is -2.39. The largest absolute Gasteiger partial charge is 0.468 e. The smallest absolute Gasteiger partial charge is 0.315 e. The minimum atomic E-state index is -0.576. The highest BCUT2D eigenvalue weighted by molar-refractivity contribution is 9.10. The molecule has 1 aromatic carbocycles. The molecule has 1 aliphatic carbocycles. The number of aliphatic imine (C=N–C) groups is 1. The van der Waals surface area contributed by atoms with E-state index in [4.69, 9.17) is 4.74 Å². The second-order valence-electron chi connectivity index (χ2n) is 7.55. The van der Waals surface area contributed by atoms with Crippen LogP contribution in [0.1, 0.15) is 45.1 Å². The van der Waals surface area contributed by atoms with Crippen LogP contribution in [0.25, 0.3) is 0 Å². The maximum absolute atomic E-state index is 13.0. The maximum atomic E-state index is 13.0. The molecule has 5 heteroatoms. The van der Waals surface area contributed by atoms with Crippen LogP contribution in [-0.2, 0) is 14.3 Å². The SMILES string of the molecule is COC(=O)C1C(C)=NC2=C(C(=O)CC(C)(C)C2)[C@@H]1c1ccccc1Br. The minimum absolute atomic E-state index is 0.0807. The quantitative estimate of drug-likeness (QED) is 0.685. The first kappa shape index (κ1) is 18.1. The molecule has 0 bridgehead atoms. The summed E-state index contributed by atoms with van der Waals surface area (Å²) in [5.74, 6) is -1.21. The third-order valence-corrected chi connectivity index (χ3v) is 5.72. The van der Waals surface area contributed by atoms with E-state index in [1.54, 1.807) is 0 Å². The molecule has 25 heavy (non-hydrogen) atoms. The molecule has 1 aliphatic heterocycles. The van der Waals surface area contributed by atoms with Crippen molar-refractivity contribution < 1.29 is 14.3 Å². The van der Waals surface area contributed by atoms with Crippen LogP contribution in [-0.4, -0.2) is 24.6 Å². The van der Waals surface area contributed by atoms with Gasteiger partial charge in [-0.1, -0.05) is 48.0 Å². The van der Waals surface area contributed by atoms with E-state index in [-0.39, 0.29) is 23.1 Å². The van der Waals surface area contributed by atoms with Gasteiger partial charge < -0.3 is 4.74 Å². The van der Waals surface area contributed by atoms with Gasteiger partial charge in [-0.25, -0.2) is 0 Å². The second kappa shape index (κ2) is 6.52. The van der Waals surface area contributed by atoms with E-state index in [1.807, 2.05) is 31.2 Å². The molecule has 0 radical (unpaired) electrons. The summed E-state index contributed by atoms with van der Waals surface area (Å²) in [6.07, 6.45) is 1.20. The molecule has 1 heterocycles. The minimum Gasteiger partial charge on any atom is -0.468 e. The van der Waals surface area contributed by atoms with E-state index in [9.17, 15) is 9.59 Å². The molecule has 0 fully saturated rings. The zero-order valence-corrected chi connectivity index (χ0v) is 16.5. The average Bonchev–Trinajstić information content (AvgIpc) is 2.52. The van der Waals surface area contributed by atoms with Crippen molar-refractivity contribution in [1.29, 1.82) is 0 Å². The molecular weight excluding hydrogens is 382 g/mol. The molecule has 0 aromatic heterocycles. The molecule has 0 saturated carbocycles. The van der Waals surface area contributed by atoms with E-state index in [1.165, 1.54) is 7.11 Å². The molecule has 3 rings (SSSR count). The molecule has 2 atom stereocenters. The highest BCUT2D eigenvalue weighted by Crippen LogP contribution is 2.48. The Morgan fingerprint density at radius 2 is 1.96 bits per heavy atom. The van der Waals surface area contributed by atoms with E-state index < -0.39 is 5.92 Å². The van der Waals surface area contributed by atoms with Gasteiger partial charge >= 0.3 is 5.97 Å². The van der Waals surface area contributed by atoms with Crippen molar-refractivity contribution in [3.63, 3.8) is 0 Å². The van der Waals surface area contributed by atoms with Gasteiger partial charge in [-0.15, -0.1) is 0 Å². The Bertz CT molecular complexity index is 807. The van der Waals surface area contributed by atoms with Gasteiger partial charge in [0.15, 0.2) is 5.78 Å². The Kier molecular flexibility index (Phi) is 4.71. The molecule has 1 unspecified atom stereocenters. The van der Waals surface area contributed by atoms with Crippen molar-refractivity contribution in [2.75, 3.05) is 7.11 Å². The van der Waals surface area contributed by atoms with E-state index in [2.05, 4.69) is 34.8 Å². The Morgan fingerprint density at radius 1 is 1.28 bits per heavy atom. The summed E-state index contributed by atoms with van der Waals surface area (Å²) in [6.45, 7) is 6.01. The molecule has 132 valence electrons. The van der Waals surface area contributed by atoms with Crippen molar-refractivity contribution in [1.82, 2.24) is 0 Å². The van der Waals surface area contributed by atoms with Crippen LogP contribution >= 0.6 is 15.9 Å². The zero-order valence-electron chi connectivity index (χ0n) is 14.9. The van der Waals surface area contributed by atoms with Crippen molar-refractivity contribution >= 4 is 33.4 Å². The van der Waals surface area contributed by atoms with E-state index in [0.29, 0.717) is 17.7 Å². The number of halogens is 1. The van der Waals surface area contributed by atoms with Gasteiger partial charge in [-0.05, 0) is 30.4 Å². The Labute approximate surface area is 156 Å².